The summed E-state index contributed by atoms with van der Waals surface area (Å²) in [6, 6.07) is 2.03. The second-order valence-corrected chi connectivity index (χ2v) is 17.5. The van der Waals surface area contributed by atoms with Gasteiger partial charge in [0, 0.05) is 29.7 Å². The zero-order chi connectivity index (χ0) is 26.2. The van der Waals surface area contributed by atoms with Gasteiger partial charge >= 0.3 is 6.09 Å². The van der Waals surface area contributed by atoms with Crippen LogP contribution in [0, 0.1) is 0 Å². The number of hydrogen-bond donors (Lipinski definition) is 1. The van der Waals surface area contributed by atoms with E-state index in [1.807, 2.05) is 40.9 Å². The molecule has 34 heavy (non-hydrogen) atoms. The maximum atomic E-state index is 12.8. The van der Waals surface area contributed by atoms with E-state index in [1.165, 1.54) is 0 Å². The fraction of sp³-hybridized carbons (Fsp3) is 0.654. The molecular weight excluding hydrogens is 466 g/mol. The summed E-state index contributed by atoms with van der Waals surface area (Å²) in [6.45, 7) is 20.3. The molecule has 0 atom stereocenters. The van der Waals surface area contributed by atoms with Gasteiger partial charge in [0.05, 0.1) is 12.8 Å². The van der Waals surface area contributed by atoms with Gasteiger partial charge in [0.2, 0.25) is 0 Å². The van der Waals surface area contributed by atoms with E-state index < -0.39 is 19.9 Å². The van der Waals surface area contributed by atoms with E-state index in [4.69, 9.17) is 21.1 Å². The molecular formula is C26H44ClN3O3Si. The molecule has 1 N–H and O–H groups in total. The minimum absolute atomic E-state index is 0.379. The third-order valence-corrected chi connectivity index (χ3v) is 13.7. The number of nitrogens with zero attached hydrogens (tertiary/aromatic N) is 2. The molecule has 8 heteroatoms. The van der Waals surface area contributed by atoms with Crippen LogP contribution in [-0.2, 0) is 11.3 Å². The number of fused-ring (bicyclic) bond motifs is 1. The SMILES string of the molecule is COc1cc2c(c(CN(C)C)cn2[Si](C(C)C)(C(C)C)C(C)C)c(NC(=O)OC(C)(C)C)c1Cl. The molecule has 1 heterocycles. The molecule has 0 saturated carbocycles. The van der Waals surface area contributed by atoms with Crippen molar-refractivity contribution in [2.75, 3.05) is 26.5 Å². The van der Waals surface area contributed by atoms with Crippen molar-refractivity contribution >= 4 is 42.5 Å². The van der Waals surface area contributed by atoms with Gasteiger partial charge in [0.1, 0.15) is 16.4 Å². The molecule has 0 radical (unpaired) electrons. The van der Waals surface area contributed by atoms with Crippen LogP contribution in [0.3, 0.4) is 0 Å². The molecule has 0 saturated heterocycles. The number of carbonyl (C=O) groups excluding carboxylic acids is 1. The summed E-state index contributed by atoms with van der Waals surface area (Å²) in [5.41, 5.74) is 3.58. The van der Waals surface area contributed by atoms with Crippen molar-refractivity contribution in [3.8, 4) is 5.75 Å². The first kappa shape index (κ1) is 28.5. The molecule has 0 unspecified atom stereocenters. The smallest absolute Gasteiger partial charge is 0.412 e. The highest BCUT2D eigenvalue weighted by Crippen LogP contribution is 2.48. The first-order valence-corrected chi connectivity index (χ1v) is 14.7. The number of ether oxygens (including phenoxy) is 2. The van der Waals surface area contributed by atoms with E-state index in [1.54, 1.807) is 7.11 Å². The number of hydrogen-bond acceptors (Lipinski definition) is 4. The quantitative estimate of drug-likeness (QED) is 0.370. The number of nitrogens with one attached hydrogen (secondary N) is 1. The molecule has 1 aromatic heterocycles. The van der Waals surface area contributed by atoms with Crippen molar-refractivity contribution in [1.29, 1.82) is 0 Å². The fourth-order valence-electron chi connectivity index (χ4n) is 5.71. The van der Waals surface area contributed by atoms with Gasteiger partial charge in [0.25, 0.3) is 0 Å². The summed E-state index contributed by atoms with van der Waals surface area (Å²) < 4.78 is 13.8. The van der Waals surface area contributed by atoms with Gasteiger partial charge in [-0.1, -0.05) is 53.1 Å². The second-order valence-electron chi connectivity index (χ2n) is 11.4. The van der Waals surface area contributed by atoms with Crippen molar-refractivity contribution in [1.82, 2.24) is 9.13 Å². The van der Waals surface area contributed by atoms with Crippen molar-refractivity contribution in [2.24, 2.45) is 0 Å². The molecule has 0 aliphatic carbocycles. The molecule has 0 fully saturated rings. The third kappa shape index (κ3) is 5.42. The fourth-order valence-corrected chi connectivity index (χ4v) is 12.6. The van der Waals surface area contributed by atoms with E-state index in [2.05, 4.69) is 62.2 Å². The molecule has 1 aromatic carbocycles. The minimum Gasteiger partial charge on any atom is -0.495 e. The van der Waals surface area contributed by atoms with Crippen molar-refractivity contribution in [3.63, 3.8) is 0 Å². The zero-order valence-corrected chi connectivity index (χ0v) is 24.8. The zero-order valence-electron chi connectivity index (χ0n) is 23.1. The molecule has 2 aromatic rings. The van der Waals surface area contributed by atoms with Gasteiger partial charge in [-0.15, -0.1) is 0 Å². The van der Waals surface area contributed by atoms with Crippen LogP contribution in [0.4, 0.5) is 10.5 Å². The predicted molar refractivity (Wildman–Crippen MR) is 147 cm³/mol. The molecule has 0 bridgehead atoms. The lowest BCUT2D eigenvalue weighted by Gasteiger charge is -2.44. The lowest BCUT2D eigenvalue weighted by molar-refractivity contribution is 0.0636. The van der Waals surface area contributed by atoms with Crippen LogP contribution < -0.4 is 10.1 Å². The largest absolute Gasteiger partial charge is 0.495 e. The summed E-state index contributed by atoms with van der Waals surface area (Å²) in [6.07, 6.45) is 1.76. The number of methoxy groups -OCH3 is 1. The second kappa shape index (κ2) is 10.5. The summed E-state index contributed by atoms with van der Waals surface area (Å²) in [5.74, 6) is 0.537. The summed E-state index contributed by atoms with van der Waals surface area (Å²) in [5, 5.41) is 4.29. The Labute approximate surface area is 212 Å². The van der Waals surface area contributed by atoms with E-state index in [9.17, 15) is 4.79 Å². The molecule has 2 rings (SSSR count). The maximum Gasteiger partial charge on any atom is 0.412 e. The normalized spacial score (nSPS) is 13.0. The lowest BCUT2D eigenvalue weighted by Crippen LogP contribution is -2.51. The first-order valence-electron chi connectivity index (χ1n) is 12.1. The Balaban J connectivity index is 2.99. The standard InChI is InChI=1S/C26H44ClN3O3Si/c1-16(2)34(17(3)4,18(5)6)30-15-19(14-29(10)11)22-20(30)13-21(32-12)23(27)24(22)28-25(31)33-26(7,8)9/h13,15-18H,14H2,1-12H3,(H,28,31). The van der Waals surface area contributed by atoms with E-state index in [0.717, 1.165) is 16.5 Å². The average molecular weight is 510 g/mol. The Morgan fingerprint density at radius 3 is 2.06 bits per heavy atom. The molecule has 0 aliphatic rings. The summed E-state index contributed by atoms with van der Waals surface area (Å²) >= 11 is 6.82. The maximum absolute atomic E-state index is 12.8. The third-order valence-electron chi connectivity index (χ3n) is 6.60. The molecule has 192 valence electrons. The Morgan fingerprint density at radius 2 is 1.65 bits per heavy atom. The number of carbonyl (C=O) groups is 1. The van der Waals surface area contributed by atoms with Gasteiger partial charge in [-0.2, -0.15) is 0 Å². The number of aromatic nitrogens is 1. The number of benzene rings is 1. The van der Waals surface area contributed by atoms with Crippen LogP contribution in [0.5, 0.6) is 5.75 Å². The van der Waals surface area contributed by atoms with Crippen LogP contribution in [0.25, 0.3) is 10.9 Å². The van der Waals surface area contributed by atoms with Crippen molar-refractivity contribution < 1.29 is 14.3 Å². The van der Waals surface area contributed by atoms with Crippen LogP contribution in [0.15, 0.2) is 12.3 Å². The van der Waals surface area contributed by atoms with Gasteiger partial charge in [-0.05, 0) is 57.1 Å². The first-order chi connectivity index (χ1) is 15.6. The molecule has 0 spiro atoms. The predicted octanol–water partition coefficient (Wildman–Crippen LogP) is 7.74. The van der Waals surface area contributed by atoms with Gasteiger partial charge in [-0.3, -0.25) is 5.32 Å². The Bertz CT molecular complexity index is 1000. The van der Waals surface area contributed by atoms with Gasteiger partial charge in [-0.25, -0.2) is 4.79 Å². The van der Waals surface area contributed by atoms with Gasteiger partial charge in [0.15, 0.2) is 8.24 Å². The van der Waals surface area contributed by atoms with E-state index in [0.29, 0.717) is 39.6 Å². The topological polar surface area (TPSA) is 55.7 Å². The number of halogens is 1. The van der Waals surface area contributed by atoms with E-state index >= 15 is 0 Å². The highest BCUT2D eigenvalue weighted by Gasteiger charge is 2.46. The average Bonchev–Trinajstić information content (AvgIpc) is 2.99. The number of amides is 1. The lowest BCUT2D eigenvalue weighted by atomic mass is 10.1. The highest BCUT2D eigenvalue weighted by atomic mass is 35.5. The molecule has 6 nitrogen and oxygen atoms in total. The minimum atomic E-state index is -2.10. The highest BCUT2D eigenvalue weighted by molar-refractivity contribution is 6.82. The molecule has 0 aliphatic heterocycles. The van der Waals surface area contributed by atoms with Crippen molar-refractivity contribution in [3.05, 3.63) is 22.8 Å². The molecule has 1 amide bonds. The van der Waals surface area contributed by atoms with E-state index in [-0.39, 0.29) is 0 Å². The Hall–Kier alpha value is -1.70. The monoisotopic (exact) mass is 509 g/mol. The number of rotatable bonds is 8. The van der Waals surface area contributed by atoms with Crippen LogP contribution in [0.2, 0.25) is 21.6 Å². The van der Waals surface area contributed by atoms with Gasteiger partial charge < -0.3 is 18.6 Å². The number of anilines is 1. The Morgan fingerprint density at radius 1 is 1.12 bits per heavy atom. The van der Waals surface area contributed by atoms with Crippen molar-refractivity contribution in [2.45, 2.75) is 91.1 Å². The van der Waals surface area contributed by atoms with Crippen LogP contribution in [0.1, 0.15) is 67.9 Å². The summed E-state index contributed by atoms with van der Waals surface area (Å²) in [4.78, 5) is 15.0. The van der Waals surface area contributed by atoms with Crippen LogP contribution in [-0.4, -0.2) is 50.3 Å². The van der Waals surface area contributed by atoms with Crippen LogP contribution >= 0.6 is 11.6 Å². The summed E-state index contributed by atoms with van der Waals surface area (Å²) in [7, 11) is 3.61. The Kier molecular flexibility index (Phi) is 8.81.